The molecule has 15 heavy (non-hydrogen) atoms. The first-order valence-electron chi connectivity index (χ1n) is 5.71. The van der Waals surface area contributed by atoms with E-state index in [9.17, 15) is 4.79 Å². The summed E-state index contributed by atoms with van der Waals surface area (Å²) in [5.41, 5.74) is 0. The lowest BCUT2D eigenvalue weighted by Crippen LogP contribution is -2.17. The molecular formula is C11H14N2O2. The van der Waals surface area contributed by atoms with E-state index in [0.717, 1.165) is 37.9 Å². The molecule has 0 spiro atoms. The molecule has 0 aromatic carbocycles. The van der Waals surface area contributed by atoms with E-state index in [4.69, 9.17) is 4.52 Å². The maximum Gasteiger partial charge on any atom is 0.237 e. The zero-order chi connectivity index (χ0) is 10.3. The Bertz CT molecular complexity index is 382. The van der Waals surface area contributed by atoms with Crippen molar-refractivity contribution in [3.63, 3.8) is 0 Å². The van der Waals surface area contributed by atoms with Gasteiger partial charge < -0.3 is 4.52 Å². The zero-order valence-corrected chi connectivity index (χ0v) is 8.61. The molecule has 0 aliphatic heterocycles. The minimum Gasteiger partial charge on any atom is -0.339 e. The second kappa shape index (κ2) is 3.43. The van der Waals surface area contributed by atoms with E-state index in [1.165, 1.54) is 0 Å². The van der Waals surface area contributed by atoms with E-state index < -0.39 is 0 Å². The van der Waals surface area contributed by atoms with Crippen LogP contribution >= 0.6 is 0 Å². The molecule has 0 N–H and O–H groups in total. The van der Waals surface area contributed by atoms with Gasteiger partial charge in [0.1, 0.15) is 5.78 Å². The van der Waals surface area contributed by atoms with Crippen LogP contribution in [-0.4, -0.2) is 15.9 Å². The molecule has 2 aliphatic carbocycles. The first-order chi connectivity index (χ1) is 7.34. The number of rotatable bonds is 2. The van der Waals surface area contributed by atoms with Gasteiger partial charge in [-0.3, -0.25) is 4.79 Å². The highest BCUT2D eigenvalue weighted by molar-refractivity contribution is 5.85. The number of nitrogens with zero attached hydrogens (tertiary/aromatic N) is 2. The fourth-order valence-electron chi connectivity index (χ4n) is 2.14. The summed E-state index contributed by atoms with van der Waals surface area (Å²) in [5.74, 6) is 2.03. The number of ketones is 1. The molecule has 1 aromatic rings. The Kier molecular flexibility index (Phi) is 2.08. The van der Waals surface area contributed by atoms with Crippen LogP contribution in [0.3, 0.4) is 0 Å². The Hall–Kier alpha value is -1.19. The molecule has 1 heterocycles. The fraction of sp³-hybridized carbons (Fsp3) is 0.727. The smallest absolute Gasteiger partial charge is 0.237 e. The highest BCUT2D eigenvalue weighted by Crippen LogP contribution is 2.39. The zero-order valence-electron chi connectivity index (χ0n) is 8.61. The minimum atomic E-state index is -0.112. The van der Waals surface area contributed by atoms with Gasteiger partial charge in [-0.05, 0) is 25.7 Å². The molecular weight excluding hydrogens is 192 g/mol. The Morgan fingerprint density at radius 3 is 2.80 bits per heavy atom. The SMILES string of the molecule is O=C1CCCCC1c1nc(C2CC2)no1. The summed E-state index contributed by atoms with van der Waals surface area (Å²) in [5, 5.41) is 3.95. The first-order valence-corrected chi connectivity index (χ1v) is 5.71. The quantitative estimate of drug-likeness (QED) is 0.744. The topological polar surface area (TPSA) is 56.0 Å². The summed E-state index contributed by atoms with van der Waals surface area (Å²) >= 11 is 0. The molecule has 3 rings (SSSR count). The van der Waals surface area contributed by atoms with Crippen LogP contribution in [0.15, 0.2) is 4.52 Å². The number of hydrogen-bond donors (Lipinski definition) is 0. The van der Waals surface area contributed by atoms with Crippen LogP contribution in [0.5, 0.6) is 0 Å². The van der Waals surface area contributed by atoms with Gasteiger partial charge >= 0.3 is 0 Å². The van der Waals surface area contributed by atoms with Crippen molar-refractivity contribution in [3.05, 3.63) is 11.7 Å². The average molecular weight is 206 g/mol. The van der Waals surface area contributed by atoms with Crippen LogP contribution in [0.25, 0.3) is 0 Å². The Balaban J connectivity index is 1.80. The molecule has 1 aromatic heterocycles. The van der Waals surface area contributed by atoms with Gasteiger partial charge in [0.15, 0.2) is 5.82 Å². The molecule has 2 fully saturated rings. The summed E-state index contributed by atoms with van der Waals surface area (Å²) in [6, 6.07) is 0. The van der Waals surface area contributed by atoms with Crippen molar-refractivity contribution in [2.45, 2.75) is 50.4 Å². The summed E-state index contributed by atoms with van der Waals surface area (Å²) in [6.45, 7) is 0. The van der Waals surface area contributed by atoms with Crippen molar-refractivity contribution in [3.8, 4) is 0 Å². The van der Waals surface area contributed by atoms with Gasteiger partial charge in [0.25, 0.3) is 0 Å². The molecule has 1 unspecified atom stereocenters. The van der Waals surface area contributed by atoms with E-state index in [2.05, 4.69) is 10.1 Å². The van der Waals surface area contributed by atoms with E-state index >= 15 is 0 Å². The van der Waals surface area contributed by atoms with E-state index in [1.54, 1.807) is 0 Å². The summed E-state index contributed by atoms with van der Waals surface area (Å²) in [4.78, 5) is 16.0. The van der Waals surface area contributed by atoms with Gasteiger partial charge in [-0.2, -0.15) is 4.98 Å². The molecule has 2 aliphatic rings. The number of carbonyl (C=O) groups excluding carboxylic acids is 1. The molecule has 0 saturated heterocycles. The predicted octanol–water partition coefficient (Wildman–Crippen LogP) is 2.17. The van der Waals surface area contributed by atoms with Gasteiger partial charge in [0, 0.05) is 12.3 Å². The van der Waals surface area contributed by atoms with Crippen LogP contribution in [0.4, 0.5) is 0 Å². The maximum absolute atomic E-state index is 11.7. The van der Waals surface area contributed by atoms with Crippen LogP contribution in [0.2, 0.25) is 0 Å². The minimum absolute atomic E-state index is 0.112. The predicted molar refractivity (Wildman–Crippen MR) is 52.5 cm³/mol. The summed E-state index contributed by atoms with van der Waals surface area (Å²) in [7, 11) is 0. The molecule has 1 atom stereocenters. The number of carbonyl (C=O) groups is 1. The van der Waals surface area contributed by atoms with Crippen molar-refractivity contribution >= 4 is 5.78 Å². The van der Waals surface area contributed by atoms with Crippen LogP contribution in [0.1, 0.15) is 62.1 Å². The maximum atomic E-state index is 11.7. The summed E-state index contributed by atoms with van der Waals surface area (Å²) in [6.07, 6.45) is 5.99. The highest BCUT2D eigenvalue weighted by Gasteiger charge is 2.33. The third-order valence-corrected chi connectivity index (χ3v) is 3.25. The normalized spacial score (nSPS) is 26.9. The van der Waals surface area contributed by atoms with Gasteiger partial charge in [0.2, 0.25) is 5.89 Å². The average Bonchev–Trinajstić information content (AvgIpc) is 2.99. The fourth-order valence-corrected chi connectivity index (χ4v) is 2.14. The number of aromatic nitrogens is 2. The van der Waals surface area contributed by atoms with E-state index in [-0.39, 0.29) is 11.7 Å². The van der Waals surface area contributed by atoms with Crippen molar-refractivity contribution in [1.82, 2.24) is 10.1 Å². The van der Waals surface area contributed by atoms with Gasteiger partial charge in [-0.25, -0.2) is 0 Å². The summed E-state index contributed by atoms with van der Waals surface area (Å²) < 4.78 is 5.19. The van der Waals surface area contributed by atoms with Gasteiger partial charge in [0.05, 0.1) is 5.92 Å². The van der Waals surface area contributed by atoms with Crippen molar-refractivity contribution in [2.75, 3.05) is 0 Å². The molecule has 4 heteroatoms. The van der Waals surface area contributed by atoms with E-state index in [0.29, 0.717) is 18.2 Å². The molecule has 80 valence electrons. The van der Waals surface area contributed by atoms with Crippen LogP contribution in [0, 0.1) is 0 Å². The third kappa shape index (κ3) is 1.68. The Morgan fingerprint density at radius 2 is 2.07 bits per heavy atom. The molecule has 0 bridgehead atoms. The monoisotopic (exact) mass is 206 g/mol. The number of Topliss-reactive ketones (excluding diaryl/α,β-unsaturated/α-hetero) is 1. The highest BCUT2D eigenvalue weighted by atomic mass is 16.5. The lowest BCUT2D eigenvalue weighted by molar-refractivity contribution is -0.122. The van der Waals surface area contributed by atoms with Gasteiger partial charge in [-0.15, -0.1) is 0 Å². The van der Waals surface area contributed by atoms with E-state index in [1.807, 2.05) is 0 Å². The van der Waals surface area contributed by atoms with Crippen molar-refractivity contribution < 1.29 is 9.32 Å². The number of hydrogen-bond acceptors (Lipinski definition) is 4. The largest absolute Gasteiger partial charge is 0.339 e. The second-order valence-electron chi connectivity index (χ2n) is 4.53. The Labute approximate surface area is 88.1 Å². The van der Waals surface area contributed by atoms with Crippen molar-refractivity contribution in [1.29, 1.82) is 0 Å². The third-order valence-electron chi connectivity index (χ3n) is 3.25. The molecule has 0 amide bonds. The first kappa shape index (κ1) is 9.07. The van der Waals surface area contributed by atoms with Gasteiger partial charge in [-0.1, -0.05) is 11.6 Å². The van der Waals surface area contributed by atoms with Crippen LogP contribution < -0.4 is 0 Å². The lowest BCUT2D eigenvalue weighted by Gasteiger charge is -2.16. The second-order valence-corrected chi connectivity index (χ2v) is 4.53. The molecule has 2 saturated carbocycles. The molecule has 0 radical (unpaired) electrons. The Morgan fingerprint density at radius 1 is 1.20 bits per heavy atom. The standard InChI is InChI=1S/C11H14N2O2/c14-9-4-2-1-3-8(9)11-12-10(13-15-11)7-5-6-7/h7-8H,1-6H2. The van der Waals surface area contributed by atoms with Crippen LogP contribution in [-0.2, 0) is 4.79 Å². The molecule has 4 nitrogen and oxygen atoms in total. The van der Waals surface area contributed by atoms with Crippen molar-refractivity contribution in [2.24, 2.45) is 0 Å². The lowest BCUT2D eigenvalue weighted by atomic mass is 9.88.